The van der Waals surface area contributed by atoms with E-state index in [4.69, 9.17) is 4.42 Å². The molecule has 0 radical (unpaired) electrons. The molecule has 3 aromatic rings. The van der Waals surface area contributed by atoms with Crippen LogP contribution < -0.4 is 5.76 Å². The minimum Gasteiger partial charge on any atom is -0.408 e. The first-order valence-electron chi connectivity index (χ1n) is 6.96. The van der Waals surface area contributed by atoms with Crippen LogP contribution >= 0.6 is 0 Å². The molecule has 112 valence electrons. The van der Waals surface area contributed by atoms with Gasteiger partial charge in [0.25, 0.3) is 0 Å². The summed E-state index contributed by atoms with van der Waals surface area (Å²) in [7, 11) is 0. The number of rotatable bonds is 4. The molecule has 0 amide bonds. The van der Waals surface area contributed by atoms with Crippen molar-refractivity contribution in [3.8, 4) is 0 Å². The third-order valence-corrected chi connectivity index (χ3v) is 3.68. The zero-order chi connectivity index (χ0) is 15.7. The number of nitrogens with zero attached hydrogens (tertiary/aromatic N) is 1. The van der Waals surface area contributed by atoms with Crippen LogP contribution in [0.5, 0.6) is 0 Å². The molecule has 2 aromatic carbocycles. The van der Waals surface area contributed by atoms with Gasteiger partial charge in [-0.25, -0.2) is 4.79 Å². The Balaban J connectivity index is 2.11. The molecule has 0 spiro atoms. The van der Waals surface area contributed by atoms with E-state index in [-0.39, 0.29) is 12.4 Å². The third-order valence-electron chi connectivity index (χ3n) is 3.68. The van der Waals surface area contributed by atoms with Crippen molar-refractivity contribution in [2.75, 3.05) is 0 Å². The molecule has 0 aliphatic carbocycles. The molecule has 0 bridgehead atoms. The Morgan fingerprint density at radius 2 is 1.95 bits per heavy atom. The first-order valence-corrected chi connectivity index (χ1v) is 6.96. The molecule has 0 aliphatic heterocycles. The lowest BCUT2D eigenvalue weighted by Crippen LogP contribution is -2.25. The highest BCUT2D eigenvalue weighted by Gasteiger charge is 2.22. The summed E-state index contributed by atoms with van der Waals surface area (Å²) in [6.45, 7) is 1.52. The summed E-state index contributed by atoms with van der Waals surface area (Å²) in [6, 6.07) is 13.1. The van der Waals surface area contributed by atoms with E-state index in [9.17, 15) is 14.7 Å². The number of hydrogen-bond donors (Lipinski definition) is 1. The van der Waals surface area contributed by atoms with E-state index < -0.39 is 11.8 Å². The fraction of sp³-hybridized carbons (Fsp3) is 0.176. The average molecular weight is 297 g/mol. The molecule has 22 heavy (non-hydrogen) atoms. The summed E-state index contributed by atoms with van der Waals surface area (Å²) in [5, 5.41) is 9.24. The molecule has 1 aromatic heterocycles. The van der Waals surface area contributed by atoms with Crippen LogP contribution in [-0.4, -0.2) is 15.5 Å². The van der Waals surface area contributed by atoms with Gasteiger partial charge >= 0.3 is 5.76 Å². The third kappa shape index (κ3) is 2.35. The maximum atomic E-state index is 12.5. The molecular formula is C17H15NO4. The molecule has 1 N–H and O–H groups in total. The standard InChI is InChI=1S/C17H15NO4/c1-11(16(20)13-5-3-2-4-6-13)18-14-9-12(10-19)7-8-15(14)22-17(18)21/h2-9,11,19H,10H2,1H3. The lowest BCUT2D eigenvalue weighted by molar-refractivity contribution is 0.0933. The normalized spacial score (nSPS) is 12.5. The monoisotopic (exact) mass is 297 g/mol. The van der Waals surface area contributed by atoms with Crippen molar-refractivity contribution in [2.24, 2.45) is 0 Å². The number of carbonyl (C=O) groups excluding carboxylic acids is 1. The summed E-state index contributed by atoms with van der Waals surface area (Å²) in [5.41, 5.74) is 2.10. The number of aliphatic hydroxyl groups excluding tert-OH is 1. The van der Waals surface area contributed by atoms with E-state index in [0.29, 0.717) is 22.2 Å². The molecule has 5 nitrogen and oxygen atoms in total. The van der Waals surface area contributed by atoms with Crippen LogP contribution in [0.25, 0.3) is 11.1 Å². The average Bonchev–Trinajstić information content (AvgIpc) is 2.89. The van der Waals surface area contributed by atoms with E-state index in [1.165, 1.54) is 4.57 Å². The Kier molecular flexibility index (Phi) is 3.65. The van der Waals surface area contributed by atoms with Crippen LogP contribution in [0.1, 0.15) is 28.9 Å². The highest BCUT2D eigenvalue weighted by atomic mass is 16.4. The molecule has 1 heterocycles. The number of aliphatic hydroxyl groups is 1. The molecule has 1 unspecified atom stereocenters. The second kappa shape index (κ2) is 5.61. The number of aromatic nitrogens is 1. The Bertz CT molecular complexity index is 877. The predicted octanol–water partition coefficient (Wildman–Crippen LogP) is 2.53. The van der Waals surface area contributed by atoms with Crippen LogP contribution in [0.15, 0.2) is 57.7 Å². The smallest absolute Gasteiger partial charge is 0.408 e. The van der Waals surface area contributed by atoms with E-state index in [1.54, 1.807) is 49.4 Å². The molecule has 3 rings (SSSR count). The summed E-state index contributed by atoms with van der Waals surface area (Å²) in [6.07, 6.45) is 0. The van der Waals surface area contributed by atoms with E-state index in [0.717, 1.165) is 0 Å². The molecule has 5 heteroatoms. The van der Waals surface area contributed by atoms with Crippen molar-refractivity contribution >= 4 is 16.9 Å². The molecule has 0 saturated heterocycles. The van der Waals surface area contributed by atoms with Crippen molar-refractivity contribution in [3.63, 3.8) is 0 Å². The lowest BCUT2D eigenvalue weighted by atomic mass is 10.1. The summed E-state index contributed by atoms with van der Waals surface area (Å²) in [4.78, 5) is 24.6. The van der Waals surface area contributed by atoms with Crippen molar-refractivity contribution in [2.45, 2.75) is 19.6 Å². The number of Topliss-reactive ketones (excluding diaryl/α,β-unsaturated/α-hetero) is 1. The van der Waals surface area contributed by atoms with Gasteiger partial charge in [-0.3, -0.25) is 9.36 Å². The summed E-state index contributed by atoms with van der Waals surface area (Å²) < 4.78 is 6.50. The zero-order valence-electron chi connectivity index (χ0n) is 12.0. The Morgan fingerprint density at radius 3 is 2.64 bits per heavy atom. The predicted molar refractivity (Wildman–Crippen MR) is 81.9 cm³/mol. The number of benzene rings is 2. The number of fused-ring (bicyclic) bond motifs is 1. The molecule has 1 atom stereocenters. The van der Waals surface area contributed by atoms with Crippen molar-refractivity contribution in [1.29, 1.82) is 0 Å². The minimum absolute atomic E-state index is 0.143. The van der Waals surface area contributed by atoms with Gasteiger partial charge in [-0.2, -0.15) is 0 Å². The Morgan fingerprint density at radius 1 is 1.23 bits per heavy atom. The van der Waals surface area contributed by atoms with Crippen molar-refractivity contribution in [1.82, 2.24) is 4.57 Å². The maximum absolute atomic E-state index is 12.5. The molecule has 0 saturated carbocycles. The van der Waals surface area contributed by atoms with Gasteiger partial charge in [0, 0.05) is 5.56 Å². The van der Waals surface area contributed by atoms with Gasteiger partial charge in [-0.05, 0) is 24.6 Å². The van der Waals surface area contributed by atoms with Gasteiger partial charge in [0.15, 0.2) is 11.4 Å². The second-order valence-electron chi connectivity index (χ2n) is 5.10. The highest BCUT2D eigenvalue weighted by Crippen LogP contribution is 2.21. The number of oxazole rings is 1. The van der Waals surface area contributed by atoms with Gasteiger partial charge in [0.1, 0.15) is 6.04 Å². The topological polar surface area (TPSA) is 72.4 Å². The van der Waals surface area contributed by atoms with E-state index in [2.05, 4.69) is 0 Å². The molecular weight excluding hydrogens is 282 g/mol. The Hall–Kier alpha value is -2.66. The number of ketones is 1. The molecule has 0 aliphatic rings. The largest absolute Gasteiger partial charge is 0.420 e. The van der Waals surface area contributed by atoms with E-state index in [1.807, 2.05) is 6.07 Å². The first-order chi connectivity index (χ1) is 10.6. The SMILES string of the molecule is CC(C(=O)c1ccccc1)n1c(=O)oc2ccc(CO)cc21. The van der Waals surface area contributed by atoms with Gasteiger partial charge in [-0.15, -0.1) is 0 Å². The second-order valence-corrected chi connectivity index (χ2v) is 5.10. The van der Waals surface area contributed by atoms with Crippen LogP contribution in [-0.2, 0) is 6.61 Å². The highest BCUT2D eigenvalue weighted by molar-refractivity contribution is 5.99. The number of carbonyl (C=O) groups is 1. The number of hydrogen-bond acceptors (Lipinski definition) is 4. The maximum Gasteiger partial charge on any atom is 0.420 e. The van der Waals surface area contributed by atoms with Crippen LogP contribution in [0, 0.1) is 0 Å². The van der Waals surface area contributed by atoms with Gasteiger partial charge in [0.05, 0.1) is 12.1 Å². The van der Waals surface area contributed by atoms with Crippen molar-refractivity contribution < 1.29 is 14.3 Å². The van der Waals surface area contributed by atoms with E-state index >= 15 is 0 Å². The fourth-order valence-electron chi connectivity index (χ4n) is 2.51. The van der Waals surface area contributed by atoms with Crippen LogP contribution in [0.4, 0.5) is 0 Å². The van der Waals surface area contributed by atoms with Gasteiger partial charge < -0.3 is 9.52 Å². The minimum atomic E-state index is -0.690. The van der Waals surface area contributed by atoms with Gasteiger partial charge in [-0.1, -0.05) is 36.4 Å². The van der Waals surface area contributed by atoms with Gasteiger partial charge in [0.2, 0.25) is 0 Å². The Labute approximate surface area is 126 Å². The quantitative estimate of drug-likeness (QED) is 0.751. The zero-order valence-corrected chi connectivity index (χ0v) is 12.0. The summed E-state index contributed by atoms with van der Waals surface area (Å²) in [5.74, 6) is -0.748. The first kappa shape index (κ1) is 14.3. The lowest BCUT2D eigenvalue weighted by Gasteiger charge is -2.12. The van der Waals surface area contributed by atoms with Crippen LogP contribution in [0.3, 0.4) is 0 Å². The van der Waals surface area contributed by atoms with Crippen molar-refractivity contribution in [3.05, 3.63) is 70.2 Å². The summed E-state index contributed by atoms with van der Waals surface area (Å²) >= 11 is 0. The molecule has 0 fully saturated rings. The van der Waals surface area contributed by atoms with Crippen LogP contribution in [0.2, 0.25) is 0 Å². The fourth-order valence-corrected chi connectivity index (χ4v) is 2.51.